The molecule has 2 aromatic carbocycles. The van der Waals surface area contributed by atoms with Crippen molar-refractivity contribution in [2.45, 2.75) is 4.90 Å². The van der Waals surface area contributed by atoms with Crippen LogP contribution >= 0.6 is 0 Å². The number of aromatic nitrogens is 1. The van der Waals surface area contributed by atoms with Gasteiger partial charge in [0.1, 0.15) is 0 Å². The Balaban J connectivity index is 2.20. The van der Waals surface area contributed by atoms with Crippen LogP contribution in [0.5, 0.6) is 0 Å². The van der Waals surface area contributed by atoms with Crippen LogP contribution in [0.1, 0.15) is 5.56 Å². The topological polar surface area (TPSA) is 116 Å². The van der Waals surface area contributed by atoms with Crippen molar-refractivity contribution in [3.8, 4) is 0 Å². The van der Waals surface area contributed by atoms with E-state index >= 15 is 0 Å². The van der Waals surface area contributed by atoms with Crippen LogP contribution in [0, 0.1) is 0 Å². The first kappa shape index (κ1) is 15.8. The minimum absolute atomic E-state index is 0.174. The van der Waals surface area contributed by atoms with E-state index in [2.05, 4.69) is 10.2 Å². The molecular weight excluding hydrogens is 326 g/mol. The van der Waals surface area contributed by atoms with Gasteiger partial charge in [-0.1, -0.05) is 36.4 Å². The lowest BCUT2D eigenvalue weighted by atomic mass is 10.2. The molecule has 4 N–H and O–H groups in total. The maximum Gasteiger partial charge on any atom is 0.268 e. The molecule has 1 heterocycles. The third-order valence-corrected chi connectivity index (χ3v) is 5.07. The van der Waals surface area contributed by atoms with E-state index in [1.165, 1.54) is 16.4 Å². The van der Waals surface area contributed by atoms with Gasteiger partial charge in [-0.25, -0.2) is 12.4 Å². The number of hydrogen-bond donors (Lipinski definition) is 2. The molecule has 122 valence electrons. The van der Waals surface area contributed by atoms with E-state index in [0.29, 0.717) is 11.1 Å². The number of nitrogens with zero attached hydrogens (tertiary/aromatic N) is 3. The van der Waals surface area contributed by atoms with Gasteiger partial charge in [-0.15, -0.1) is 5.10 Å². The number of guanidine groups is 1. The second kappa shape index (κ2) is 6.17. The SMILES string of the molecule is NC(N)=N/N=C/c1cn(S(=O)(=O)c2ccccc2)c2ccccc12. The van der Waals surface area contributed by atoms with Crippen molar-refractivity contribution in [2.24, 2.45) is 21.7 Å². The van der Waals surface area contributed by atoms with E-state index in [0.717, 1.165) is 5.39 Å². The Morgan fingerprint density at radius 3 is 2.38 bits per heavy atom. The molecule has 8 heteroatoms. The molecule has 0 amide bonds. The molecule has 3 rings (SSSR count). The summed E-state index contributed by atoms with van der Waals surface area (Å²) in [5, 5.41) is 8.03. The molecule has 0 bridgehead atoms. The standard InChI is InChI=1S/C16H15N5O2S/c17-16(18)20-19-10-12-11-21(15-9-5-4-8-14(12)15)24(22,23)13-6-2-1-3-7-13/h1-11H,(H4,17,18,20)/b19-10+. The molecule has 1 aromatic heterocycles. The van der Waals surface area contributed by atoms with Crippen molar-refractivity contribution in [3.63, 3.8) is 0 Å². The summed E-state index contributed by atoms with van der Waals surface area (Å²) in [4.78, 5) is 0.207. The monoisotopic (exact) mass is 341 g/mol. The Labute approximate surface area is 139 Å². The first-order valence-electron chi connectivity index (χ1n) is 7.03. The van der Waals surface area contributed by atoms with Gasteiger partial charge in [0.15, 0.2) is 0 Å². The van der Waals surface area contributed by atoms with E-state index in [1.54, 1.807) is 42.5 Å². The number of para-hydroxylation sites is 1. The molecule has 0 saturated heterocycles. The largest absolute Gasteiger partial charge is 0.369 e. The molecule has 0 fully saturated rings. The van der Waals surface area contributed by atoms with Crippen molar-refractivity contribution in [1.82, 2.24) is 3.97 Å². The van der Waals surface area contributed by atoms with Crippen LogP contribution in [0.15, 0.2) is 75.9 Å². The summed E-state index contributed by atoms with van der Waals surface area (Å²) in [6.45, 7) is 0. The molecule has 0 unspecified atom stereocenters. The molecule has 0 aliphatic rings. The van der Waals surface area contributed by atoms with Gasteiger partial charge < -0.3 is 11.5 Å². The van der Waals surface area contributed by atoms with Crippen LogP contribution in [-0.4, -0.2) is 24.6 Å². The lowest BCUT2D eigenvalue weighted by Gasteiger charge is -2.07. The minimum Gasteiger partial charge on any atom is -0.369 e. The number of rotatable bonds is 4. The zero-order valence-electron chi connectivity index (χ0n) is 12.6. The predicted molar refractivity (Wildman–Crippen MR) is 94.4 cm³/mol. The van der Waals surface area contributed by atoms with Crippen LogP contribution in [-0.2, 0) is 10.0 Å². The highest BCUT2D eigenvalue weighted by atomic mass is 32.2. The fourth-order valence-electron chi connectivity index (χ4n) is 2.34. The van der Waals surface area contributed by atoms with Crippen molar-refractivity contribution >= 4 is 33.1 Å². The lowest BCUT2D eigenvalue weighted by Crippen LogP contribution is -2.21. The predicted octanol–water partition coefficient (Wildman–Crippen LogP) is 1.49. The summed E-state index contributed by atoms with van der Waals surface area (Å²) in [6, 6.07) is 15.4. The fourth-order valence-corrected chi connectivity index (χ4v) is 3.74. The lowest BCUT2D eigenvalue weighted by molar-refractivity contribution is 0.589. The summed E-state index contributed by atoms with van der Waals surface area (Å²) >= 11 is 0. The van der Waals surface area contributed by atoms with Crippen molar-refractivity contribution in [1.29, 1.82) is 0 Å². The van der Waals surface area contributed by atoms with Crippen LogP contribution in [0.4, 0.5) is 0 Å². The van der Waals surface area contributed by atoms with E-state index in [-0.39, 0.29) is 10.9 Å². The Kier molecular flexibility index (Phi) is 4.05. The Bertz CT molecular complexity index is 1030. The third kappa shape index (κ3) is 2.86. The second-order valence-electron chi connectivity index (χ2n) is 4.98. The third-order valence-electron chi connectivity index (χ3n) is 3.38. The smallest absolute Gasteiger partial charge is 0.268 e. The van der Waals surface area contributed by atoms with Gasteiger partial charge in [0.2, 0.25) is 5.96 Å². The molecule has 7 nitrogen and oxygen atoms in total. The van der Waals surface area contributed by atoms with Gasteiger partial charge in [0.25, 0.3) is 10.0 Å². The highest BCUT2D eigenvalue weighted by Crippen LogP contribution is 2.25. The Morgan fingerprint density at radius 1 is 1.00 bits per heavy atom. The highest BCUT2D eigenvalue weighted by Gasteiger charge is 2.20. The molecule has 0 spiro atoms. The minimum atomic E-state index is -3.72. The van der Waals surface area contributed by atoms with Gasteiger partial charge in [-0.2, -0.15) is 5.10 Å². The summed E-state index contributed by atoms with van der Waals surface area (Å²) in [6.07, 6.45) is 2.91. The zero-order chi connectivity index (χ0) is 17.2. The normalized spacial score (nSPS) is 11.8. The van der Waals surface area contributed by atoms with Gasteiger partial charge in [-0.3, -0.25) is 0 Å². The van der Waals surface area contributed by atoms with E-state index in [1.807, 2.05) is 12.1 Å². The molecule has 24 heavy (non-hydrogen) atoms. The second-order valence-corrected chi connectivity index (χ2v) is 6.80. The van der Waals surface area contributed by atoms with E-state index in [4.69, 9.17) is 11.5 Å². The van der Waals surface area contributed by atoms with Crippen LogP contribution in [0.3, 0.4) is 0 Å². The number of hydrogen-bond acceptors (Lipinski definition) is 4. The maximum atomic E-state index is 12.9. The van der Waals surface area contributed by atoms with Crippen LogP contribution in [0.25, 0.3) is 10.9 Å². The summed E-state index contributed by atoms with van der Waals surface area (Å²) in [5.41, 5.74) is 11.6. The van der Waals surface area contributed by atoms with Crippen LogP contribution < -0.4 is 11.5 Å². The first-order valence-corrected chi connectivity index (χ1v) is 8.47. The number of fused-ring (bicyclic) bond motifs is 1. The molecule has 0 atom stereocenters. The average Bonchev–Trinajstić information content (AvgIpc) is 2.95. The maximum absolute atomic E-state index is 12.9. The molecule has 0 saturated carbocycles. The van der Waals surface area contributed by atoms with Gasteiger partial charge in [0, 0.05) is 17.1 Å². The fraction of sp³-hybridized carbons (Fsp3) is 0. The summed E-state index contributed by atoms with van der Waals surface area (Å²) < 4.78 is 27.0. The molecule has 3 aromatic rings. The molecule has 0 aliphatic carbocycles. The van der Waals surface area contributed by atoms with Crippen molar-refractivity contribution in [3.05, 3.63) is 66.4 Å². The number of benzene rings is 2. The average molecular weight is 341 g/mol. The molecular formula is C16H15N5O2S. The summed E-state index contributed by atoms with van der Waals surface area (Å²) in [5.74, 6) is -0.174. The molecule has 0 radical (unpaired) electrons. The van der Waals surface area contributed by atoms with Gasteiger partial charge in [-0.05, 0) is 18.2 Å². The van der Waals surface area contributed by atoms with Gasteiger partial charge in [0.05, 0.1) is 16.6 Å². The summed E-state index contributed by atoms with van der Waals surface area (Å²) in [7, 11) is -3.72. The van der Waals surface area contributed by atoms with E-state index in [9.17, 15) is 8.42 Å². The first-order chi connectivity index (χ1) is 11.5. The van der Waals surface area contributed by atoms with Gasteiger partial charge >= 0.3 is 0 Å². The molecule has 0 aliphatic heterocycles. The number of nitrogens with two attached hydrogens (primary N) is 2. The van der Waals surface area contributed by atoms with Crippen LogP contribution in [0.2, 0.25) is 0 Å². The Hall–Kier alpha value is -3.13. The van der Waals surface area contributed by atoms with E-state index < -0.39 is 10.0 Å². The Morgan fingerprint density at radius 2 is 1.67 bits per heavy atom. The quantitative estimate of drug-likeness (QED) is 0.425. The van der Waals surface area contributed by atoms with Crippen molar-refractivity contribution in [2.75, 3.05) is 0 Å². The zero-order valence-corrected chi connectivity index (χ0v) is 13.4. The van der Waals surface area contributed by atoms with Crippen molar-refractivity contribution < 1.29 is 8.42 Å². The highest BCUT2D eigenvalue weighted by molar-refractivity contribution is 7.90.